The van der Waals surface area contributed by atoms with Crippen molar-refractivity contribution >= 4 is 28.5 Å². The lowest BCUT2D eigenvalue weighted by Gasteiger charge is -2.04. The Kier molecular flexibility index (Phi) is 5.12. The predicted molar refractivity (Wildman–Crippen MR) is 71.2 cm³/mol. The topological polar surface area (TPSA) is 49.3 Å². The third-order valence-corrected chi connectivity index (χ3v) is 2.83. The number of phenols is 1. The number of rotatable bonds is 3. The molecule has 1 rings (SSSR count). The highest BCUT2D eigenvalue weighted by Gasteiger charge is 2.06. The molecule has 0 bridgehead atoms. The highest BCUT2D eigenvalue weighted by molar-refractivity contribution is 14.1. The van der Waals surface area contributed by atoms with E-state index in [9.17, 15) is 9.90 Å². The molecule has 0 fully saturated rings. The van der Waals surface area contributed by atoms with Crippen molar-refractivity contribution in [1.29, 1.82) is 0 Å². The maximum Gasteiger partial charge on any atom is 0.251 e. The smallest absolute Gasteiger partial charge is 0.251 e. The van der Waals surface area contributed by atoms with Crippen LogP contribution < -0.4 is 5.32 Å². The fourth-order valence-electron chi connectivity index (χ4n) is 1.12. The Morgan fingerprint density at radius 3 is 2.94 bits per heavy atom. The summed E-state index contributed by atoms with van der Waals surface area (Å²) in [5.41, 5.74) is 0.461. The summed E-state index contributed by atoms with van der Waals surface area (Å²) in [7, 11) is 0. The van der Waals surface area contributed by atoms with Crippen LogP contribution in [-0.4, -0.2) is 17.6 Å². The first kappa shape index (κ1) is 12.8. The van der Waals surface area contributed by atoms with Gasteiger partial charge >= 0.3 is 0 Å². The summed E-state index contributed by atoms with van der Waals surface area (Å²) in [6.07, 6.45) is 0.637. The number of aromatic hydroxyl groups is 1. The summed E-state index contributed by atoms with van der Waals surface area (Å²) in [5, 5.41) is 12.2. The molecule has 0 aromatic heterocycles. The van der Waals surface area contributed by atoms with Crippen molar-refractivity contribution in [3.63, 3.8) is 0 Å². The average molecular weight is 329 g/mol. The maximum atomic E-state index is 11.6. The Morgan fingerprint density at radius 2 is 2.31 bits per heavy atom. The zero-order chi connectivity index (χ0) is 12.0. The minimum atomic E-state index is -0.190. The van der Waals surface area contributed by atoms with Crippen molar-refractivity contribution in [3.05, 3.63) is 27.3 Å². The number of hydrogen-bond donors (Lipinski definition) is 2. The second-order valence-electron chi connectivity index (χ2n) is 3.10. The van der Waals surface area contributed by atoms with Crippen LogP contribution in [0.4, 0.5) is 0 Å². The molecule has 4 heteroatoms. The van der Waals surface area contributed by atoms with Gasteiger partial charge in [-0.15, -0.1) is 11.8 Å². The van der Waals surface area contributed by atoms with Gasteiger partial charge in [0.25, 0.3) is 5.91 Å². The van der Waals surface area contributed by atoms with Crippen LogP contribution in [-0.2, 0) is 0 Å². The van der Waals surface area contributed by atoms with Gasteiger partial charge in [0.05, 0.1) is 3.57 Å². The maximum absolute atomic E-state index is 11.6. The van der Waals surface area contributed by atoms with E-state index in [-0.39, 0.29) is 11.7 Å². The zero-order valence-corrected chi connectivity index (χ0v) is 11.0. The lowest BCUT2D eigenvalue weighted by molar-refractivity contribution is 0.0954. The van der Waals surface area contributed by atoms with Gasteiger partial charge in [0.2, 0.25) is 0 Å². The van der Waals surface area contributed by atoms with Crippen LogP contribution in [0.15, 0.2) is 18.2 Å². The number of hydrogen-bond acceptors (Lipinski definition) is 2. The highest BCUT2D eigenvalue weighted by atomic mass is 127. The van der Waals surface area contributed by atoms with Crippen molar-refractivity contribution in [1.82, 2.24) is 5.32 Å². The largest absolute Gasteiger partial charge is 0.507 e. The third-order valence-electron chi connectivity index (χ3n) is 1.92. The van der Waals surface area contributed by atoms with E-state index < -0.39 is 0 Å². The van der Waals surface area contributed by atoms with Crippen molar-refractivity contribution < 1.29 is 9.90 Å². The molecule has 16 heavy (non-hydrogen) atoms. The van der Waals surface area contributed by atoms with Crippen LogP contribution in [0.1, 0.15) is 23.7 Å². The van der Waals surface area contributed by atoms with Crippen molar-refractivity contribution in [2.75, 3.05) is 6.54 Å². The molecule has 1 aromatic rings. The van der Waals surface area contributed by atoms with E-state index in [0.717, 1.165) is 3.57 Å². The van der Waals surface area contributed by atoms with E-state index in [0.29, 0.717) is 18.5 Å². The standard InChI is InChI=1S/C12H12INO2/c1-2-3-4-7-14-12(16)9-5-6-10(13)11(15)8-9/h5-6,8,15H,4,7H2,1H3,(H,14,16). The fraction of sp³-hybridized carbons (Fsp3) is 0.250. The summed E-state index contributed by atoms with van der Waals surface area (Å²) < 4.78 is 0.728. The second kappa shape index (κ2) is 6.38. The molecule has 0 aliphatic rings. The van der Waals surface area contributed by atoms with E-state index in [4.69, 9.17) is 0 Å². The average Bonchev–Trinajstić information content (AvgIpc) is 2.28. The first-order chi connectivity index (χ1) is 7.65. The SMILES string of the molecule is CC#CCCNC(=O)c1ccc(I)c(O)c1. The number of benzene rings is 1. The lowest BCUT2D eigenvalue weighted by atomic mass is 10.2. The van der Waals surface area contributed by atoms with E-state index in [1.807, 2.05) is 22.6 Å². The number of amides is 1. The van der Waals surface area contributed by atoms with Gasteiger partial charge in [0, 0.05) is 18.5 Å². The minimum absolute atomic E-state index is 0.126. The van der Waals surface area contributed by atoms with Crippen LogP contribution in [0, 0.1) is 15.4 Å². The molecule has 0 saturated carbocycles. The molecule has 0 radical (unpaired) electrons. The van der Waals surface area contributed by atoms with Crippen LogP contribution >= 0.6 is 22.6 Å². The Balaban J connectivity index is 2.58. The number of halogens is 1. The molecule has 0 spiro atoms. The molecule has 84 valence electrons. The van der Waals surface area contributed by atoms with Crippen LogP contribution in [0.5, 0.6) is 5.75 Å². The van der Waals surface area contributed by atoms with Gasteiger partial charge < -0.3 is 10.4 Å². The van der Waals surface area contributed by atoms with E-state index in [1.54, 1.807) is 19.1 Å². The Bertz CT molecular complexity index is 446. The van der Waals surface area contributed by atoms with Gasteiger partial charge in [-0.25, -0.2) is 0 Å². The fourth-order valence-corrected chi connectivity index (χ4v) is 1.45. The van der Waals surface area contributed by atoms with Crippen LogP contribution in [0.3, 0.4) is 0 Å². The zero-order valence-electron chi connectivity index (χ0n) is 8.88. The first-order valence-electron chi connectivity index (χ1n) is 4.81. The molecule has 1 aromatic carbocycles. The first-order valence-corrected chi connectivity index (χ1v) is 5.89. The Hall–Kier alpha value is -1.22. The molecule has 1 amide bonds. The van der Waals surface area contributed by atoms with Gasteiger partial charge in [-0.3, -0.25) is 4.79 Å². The number of carbonyl (C=O) groups is 1. The lowest BCUT2D eigenvalue weighted by Crippen LogP contribution is -2.24. The number of carbonyl (C=O) groups excluding carboxylic acids is 1. The monoisotopic (exact) mass is 329 g/mol. The normalized spacial score (nSPS) is 9.12. The van der Waals surface area contributed by atoms with Crippen LogP contribution in [0.25, 0.3) is 0 Å². The van der Waals surface area contributed by atoms with Crippen molar-refractivity contribution in [2.24, 2.45) is 0 Å². The second-order valence-corrected chi connectivity index (χ2v) is 4.26. The van der Waals surface area contributed by atoms with Gasteiger partial charge in [-0.05, 0) is 47.7 Å². The van der Waals surface area contributed by atoms with Crippen molar-refractivity contribution in [3.8, 4) is 17.6 Å². The van der Waals surface area contributed by atoms with Gasteiger partial charge in [-0.2, -0.15) is 0 Å². The molecule has 0 unspecified atom stereocenters. The summed E-state index contributed by atoms with van der Waals surface area (Å²) >= 11 is 2.00. The van der Waals surface area contributed by atoms with Gasteiger partial charge in [-0.1, -0.05) is 0 Å². The molecule has 0 heterocycles. The summed E-state index contributed by atoms with van der Waals surface area (Å²) in [6.45, 7) is 2.28. The molecule has 0 saturated heterocycles. The third kappa shape index (κ3) is 3.74. The number of phenolic OH excluding ortho intramolecular Hbond substituents is 1. The van der Waals surface area contributed by atoms with Crippen LogP contribution in [0.2, 0.25) is 0 Å². The quantitative estimate of drug-likeness (QED) is 0.507. The Morgan fingerprint density at radius 1 is 1.56 bits per heavy atom. The molecule has 2 N–H and O–H groups in total. The minimum Gasteiger partial charge on any atom is -0.507 e. The number of nitrogens with one attached hydrogen (secondary N) is 1. The Labute approximate surface area is 108 Å². The molecule has 0 atom stereocenters. The predicted octanol–water partition coefficient (Wildman–Crippen LogP) is 2.14. The van der Waals surface area contributed by atoms with Gasteiger partial charge in [0.1, 0.15) is 5.75 Å². The summed E-state index contributed by atoms with van der Waals surface area (Å²) in [6, 6.07) is 4.85. The molecular weight excluding hydrogens is 317 g/mol. The molecular formula is C12H12INO2. The molecule has 3 nitrogen and oxygen atoms in total. The summed E-state index contributed by atoms with van der Waals surface area (Å²) in [4.78, 5) is 11.6. The van der Waals surface area contributed by atoms with Gasteiger partial charge in [0.15, 0.2) is 0 Å². The van der Waals surface area contributed by atoms with E-state index in [2.05, 4.69) is 17.2 Å². The molecule has 0 aliphatic heterocycles. The van der Waals surface area contributed by atoms with Crippen molar-refractivity contribution in [2.45, 2.75) is 13.3 Å². The van der Waals surface area contributed by atoms with E-state index in [1.165, 1.54) is 6.07 Å². The highest BCUT2D eigenvalue weighted by Crippen LogP contribution is 2.20. The van der Waals surface area contributed by atoms with E-state index >= 15 is 0 Å². The summed E-state index contributed by atoms with van der Waals surface area (Å²) in [5.74, 6) is 5.55. The molecule has 0 aliphatic carbocycles.